The van der Waals surface area contributed by atoms with E-state index in [0.717, 1.165) is 5.69 Å². The smallest absolute Gasteiger partial charge is 0.259 e. The molecule has 1 amide bonds. The van der Waals surface area contributed by atoms with E-state index in [1.54, 1.807) is 12.3 Å². The molecule has 92 valence electrons. The summed E-state index contributed by atoms with van der Waals surface area (Å²) in [6.45, 7) is 4.11. The minimum Gasteiger partial charge on any atom is -0.375 e. The SMILES string of the molecule is CC(C)/C=N/NC(=O)CNc1ccccc1Cl. The molecule has 0 aliphatic heterocycles. The van der Waals surface area contributed by atoms with Gasteiger partial charge in [0.05, 0.1) is 17.3 Å². The number of nitrogens with zero attached hydrogens (tertiary/aromatic N) is 1. The molecule has 1 aromatic carbocycles. The molecule has 0 radical (unpaired) electrons. The molecular weight excluding hydrogens is 238 g/mol. The number of hydrazone groups is 1. The first-order chi connectivity index (χ1) is 8.09. The van der Waals surface area contributed by atoms with Crippen LogP contribution in [0, 0.1) is 5.92 Å². The Morgan fingerprint density at radius 3 is 2.82 bits per heavy atom. The molecule has 0 aromatic heterocycles. The van der Waals surface area contributed by atoms with E-state index in [0.29, 0.717) is 10.9 Å². The third kappa shape index (κ3) is 5.36. The number of nitrogens with one attached hydrogen (secondary N) is 2. The summed E-state index contributed by atoms with van der Waals surface area (Å²) in [6.07, 6.45) is 1.67. The fourth-order valence-electron chi connectivity index (χ4n) is 1.08. The van der Waals surface area contributed by atoms with Gasteiger partial charge in [0.2, 0.25) is 0 Å². The number of rotatable bonds is 5. The zero-order chi connectivity index (χ0) is 12.7. The number of para-hydroxylation sites is 1. The molecule has 0 fully saturated rings. The molecule has 0 saturated heterocycles. The molecule has 4 nitrogen and oxygen atoms in total. The van der Waals surface area contributed by atoms with Gasteiger partial charge in [-0.2, -0.15) is 5.10 Å². The van der Waals surface area contributed by atoms with Gasteiger partial charge in [0, 0.05) is 6.21 Å². The van der Waals surface area contributed by atoms with Crippen molar-refractivity contribution in [1.29, 1.82) is 0 Å². The molecule has 5 heteroatoms. The lowest BCUT2D eigenvalue weighted by atomic mass is 10.3. The number of carbonyl (C=O) groups is 1. The third-order valence-corrected chi connectivity index (χ3v) is 2.20. The van der Waals surface area contributed by atoms with Crippen LogP contribution in [0.1, 0.15) is 13.8 Å². The fraction of sp³-hybridized carbons (Fsp3) is 0.333. The zero-order valence-corrected chi connectivity index (χ0v) is 10.7. The number of benzene rings is 1. The largest absolute Gasteiger partial charge is 0.375 e. The molecule has 0 spiro atoms. The molecule has 1 rings (SSSR count). The summed E-state index contributed by atoms with van der Waals surface area (Å²) < 4.78 is 0. The third-order valence-electron chi connectivity index (χ3n) is 1.88. The van der Waals surface area contributed by atoms with Crippen LogP contribution in [-0.2, 0) is 4.79 Å². The van der Waals surface area contributed by atoms with Crippen LogP contribution in [0.2, 0.25) is 5.02 Å². The summed E-state index contributed by atoms with van der Waals surface area (Å²) in [5.74, 6) is 0.105. The molecule has 2 N–H and O–H groups in total. The molecule has 1 aromatic rings. The minimum atomic E-state index is -0.207. The zero-order valence-electron chi connectivity index (χ0n) is 9.90. The van der Waals surface area contributed by atoms with E-state index in [1.165, 1.54) is 0 Å². The van der Waals surface area contributed by atoms with Gasteiger partial charge in [-0.15, -0.1) is 0 Å². The Labute approximate surface area is 106 Å². The van der Waals surface area contributed by atoms with Crippen molar-refractivity contribution in [2.75, 3.05) is 11.9 Å². The number of hydrogen-bond donors (Lipinski definition) is 2. The highest BCUT2D eigenvalue weighted by Crippen LogP contribution is 2.19. The van der Waals surface area contributed by atoms with Crippen LogP contribution < -0.4 is 10.7 Å². The topological polar surface area (TPSA) is 53.5 Å². The van der Waals surface area contributed by atoms with Crippen LogP contribution in [0.4, 0.5) is 5.69 Å². The van der Waals surface area contributed by atoms with Crippen LogP contribution in [-0.4, -0.2) is 18.7 Å². The number of anilines is 1. The average Bonchev–Trinajstić information content (AvgIpc) is 2.27. The Kier molecular flexibility index (Phi) is 5.49. The van der Waals surface area contributed by atoms with Crippen molar-refractivity contribution < 1.29 is 4.79 Å². The van der Waals surface area contributed by atoms with Crippen molar-refractivity contribution >= 4 is 29.4 Å². The highest BCUT2D eigenvalue weighted by molar-refractivity contribution is 6.33. The van der Waals surface area contributed by atoms with E-state index in [1.807, 2.05) is 32.0 Å². The number of halogens is 1. The molecule has 0 saturated carbocycles. The molecule has 0 aliphatic carbocycles. The molecule has 17 heavy (non-hydrogen) atoms. The van der Waals surface area contributed by atoms with Gasteiger partial charge >= 0.3 is 0 Å². The van der Waals surface area contributed by atoms with Crippen molar-refractivity contribution in [3.63, 3.8) is 0 Å². The van der Waals surface area contributed by atoms with Crippen LogP contribution in [0.25, 0.3) is 0 Å². The highest BCUT2D eigenvalue weighted by Gasteiger charge is 2.01. The van der Waals surface area contributed by atoms with Gasteiger partial charge in [-0.05, 0) is 18.1 Å². The lowest BCUT2D eigenvalue weighted by molar-refractivity contribution is -0.119. The summed E-state index contributed by atoms with van der Waals surface area (Å²) in [6, 6.07) is 7.26. The minimum absolute atomic E-state index is 0.138. The van der Waals surface area contributed by atoms with Crippen LogP contribution in [0.5, 0.6) is 0 Å². The summed E-state index contributed by atoms with van der Waals surface area (Å²) in [5.41, 5.74) is 3.16. The Hall–Kier alpha value is -1.55. The standard InChI is InChI=1S/C12H16ClN3O/c1-9(2)7-15-16-12(17)8-14-11-6-4-3-5-10(11)13/h3-7,9,14H,8H2,1-2H3,(H,16,17)/b15-7+. The molecular formula is C12H16ClN3O. The Bertz CT molecular complexity index is 404. The lowest BCUT2D eigenvalue weighted by Gasteiger charge is -2.06. The van der Waals surface area contributed by atoms with E-state index in [-0.39, 0.29) is 12.5 Å². The normalized spacial score (nSPS) is 10.8. The Balaban J connectivity index is 2.36. The molecule has 0 unspecified atom stereocenters. The lowest BCUT2D eigenvalue weighted by Crippen LogP contribution is -2.26. The van der Waals surface area contributed by atoms with E-state index in [9.17, 15) is 4.79 Å². The van der Waals surface area contributed by atoms with Crippen molar-refractivity contribution in [3.8, 4) is 0 Å². The molecule has 0 atom stereocenters. The van der Waals surface area contributed by atoms with Crippen LogP contribution in [0.15, 0.2) is 29.4 Å². The van der Waals surface area contributed by atoms with E-state index in [4.69, 9.17) is 11.6 Å². The maximum absolute atomic E-state index is 11.4. The maximum atomic E-state index is 11.4. The summed E-state index contributed by atoms with van der Waals surface area (Å²) >= 11 is 5.93. The highest BCUT2D eigenvalue weighted by atomic mass is 35.5. The number of amides is 1. The van der Waals surface area contributed by atoms with Gasteiger partial charge in [-0.3, -0.25) is 4.79 Å². The van der Waals surface area contributed by atoms with Crippen molar-refractivity contribution in [2.24, 2.45) is 11.0 Å². The first-order valence-electron chi connectivity index (χ1n) is 5.40. The second-order valence-corrected chi connectivity index (χ2v) is 4.30. The van der Waals surface area contributed by atoms with Gasteiger partial charge in [0.1, 0.15) is 0 Å². The van der Waals surface area contributed by atoms with Crippen LogP contribution >= 0.6 is 11.6 Å². The van der Waals surface area contributed by atoms with Gasteiger partial charge in [0.25, 0.3) is 5.91 Å². The predicted octanol–water partition coefficient (Wildman–Crippen LogP) is 2.51. The van der Waals surface area contributed by atoms with Gasteiger partial charge < -0.3 is 5.32 Å². The summed E-state index contributed by atoms with van der Waals surface area (Å²) in [4.78, 5) is 11.4. The Morgan fingerprint density at radius 2 is 2.18 bits per heavy atom. The first-order valence-corrected chi connectivity index (χ1v) is 5.78. The first kappa shape index (κ1) is 13.5. The fourth-order valence-corrected chi connectivity index (χ4v) is 1.28. The monoisotopic (exact) mass is 253 g/mol. The average molecular weight is 254 g/mol. The second kappa shape index (κ2) is 6.91. The number of carbonyl (C=O) groups excluding carboxylic acids is 1. The predicted molar refractivity (Wildman–Crippen MR) is 71.4 cm³/mol. The molecule has 0 heterocycles. The van der Waals surface area contributed by atoms with Crippen molar-refractivity contribution in [1.82, 2.24) is 5.43 Å². The van der Waals surface area contributed by atoms with Gasteiger partial charge in [-0.25, -0.2) is 5.43 Å². The maximum Gasteiger partial charge on any atom is 0.259 e. The quantitative estimate of drug-likeness (QED) is 0.626. The summed E-state index contributed by atoms with van der Waals surface area (Å²) in [5, 5.41) is 7.33. The second-order valence-electron chi connectivity index (χ2n) is 3.89. The van der Waals surface area contributed by atoms with E-state index in [2.05, 4.69) is 15.8 Å². The van der Waals surface area contributed by atoms with Crippen LogP contribution in [0.3, 0.4) is 0 Å². The van der Waals surface area contributed by atoms with E-state index < -0.39 is 0 Å². The van der Waals surface area contributed by atoms with Crippen molar-refractivity contribution in [2.45, 2.75) is 13.8 Å². The van der Waals surface area contributed by atoms with E-state index >= 15 is 0 Å². The molecule has 0 aliphatic rings. The molecule has 0 bridgehead atoms. The Morgan fingerprint density at radius 1 is 1.47 bits per heavy atom. The van der Waals surface area contributed by atoms with Gasteiger partial charge in [0.15, 0.2) is 0 Å². The number of hydrogen-bond acceptors (Lipinski definition) is 3. The summed E-state index contributed by atoms with van der Waals surface area (Å²) in [7, 11) is 0. The van der Waals surface area contributed by atoms with Crippen molar-refractivity contribution in [3.05, 3.63) is 29.3 Å². The van der Waals surface area contributed by atoms with Gasteiger partial charge in [-0.1, -0.05) is 37.6 Å².